The zero-order valence-corrected chi connectivity index (χ0v) is 20.2. The first-order chi connectivity index (χ1) is 15.4. The SMILES string of the molecule is CCOC(=O)C1=C(C)N=c2s/c(=C\c3ccc(Cl)cc3)c(=O)n2[C@H]1c1ccc(SC)cc1. The maximum atomic E-state index is 13.5. The van der Waals surface area contributed by atoms with Gasteiger partial charge in [0.2, 0.25) is 0 Å². The van der Waals surface area contributed by atoms with Gasteiger partial charge in [-0.3, -0.25) is 9.36 Å². The van der Waals surface area contributed by atoms with E-state index in [0.29, 0.717) is 25.6 Å². The van der Waals surface area contributed by atoms with Crippen molar-refractivity contribution in [3.63, 3.8) is 0 Å². The second-order valence-corrected chi connectivity index (χ2v) is 9.45. The molecule has 0 bridgehead atoms. The van der Waals surface area contributed by atoms with E-state index in [4.69, 9.17) is 16.3 Å². The monoisotopic (exact) mass is 484 g/mol. The van der Waals surface area contributed by atoms with Crippen molar-refractivity contribution in [3.05, 3.63) is 95.6 Å². The number of ether oxygens (including phenoxy) is 1. The molecule has 0 fully saturated rings. The van der Waals surface area contributed by atoms with Crippen LogP contribution in [0.2, 0.25) is 5.02 Å². The summed E-state index contributed by atoms with van der Waals surface area (Å²) in [6.45, 7) is 3.79. The molecular weight excluding hydrogens is 464 g/mol. The van der Waals surface area contributed by atoms with E-state index in [9.17, 15) is 9.59 Å². The van der Waals surface area contributed by atoms with Crippen LogP contribution in [0, 0.1) is 0 Å². The lowest BCUT2D eigenvalue weighted by Crippen LogP contribution is -2.39. The molecule has 0 aliphatic carbocycles. The first-order valence-electron chi connectivity index (χ1n) is 10.0. The number of halogens is 1. The summed E-state index contributed by atoms with van der Waals surface area (Å²) in [7, 11) is 0. The van der Waals surface area contributed by atoms with Gasteiger partial charge in [0, 0.05) is 9.92 Å². The van der Waals surface area contributed by atoms with Crippen LogP contribution in [0.5, 0.6) is 0 Å². The number of allylic oxidation sites excluding steroid dienone is 1. The normalized spacial score (nSPS) is 16.0. The van der Waals surface area contributed by atoms with Crippen molar-refractivity contribution >= 4 is 46.7 Å². The number of benzene rings is 2. The van der Waals surface area contributed by atoms with Gasteiger partial charge in [-0.05, 0) is 61.6 Å². The summed E-state index contributed by atoms with van der Waals surface area (Å²) < 4.78 is 7.46. The fourth-order valence-electron chi connectivity index (χ4n) is 3.60. The number of carbonyl (C=O) groups is 1. The number of aromatic nitrogens is 1. The molecule has 1 aliphatic heterocycles. The van der Waals surface area contributed by atoms with Crippen molar-refractivity contribution in [2.24, 2.45) is 4.99 Å². The van der Waals surface area contributed by atoms with Crippen LogP contribution in [-0.2, 0) is 9.53 Å². The average Bonchev–Trinajstić information content (AvgIpc) is 3.09. The van der Waals surface area contributed by atoms with Gasteiger partial charge in [0.25, 0.3) is 5.56 Å². The summed E-state index contributed by atoms with van der Waals surface area (Å²) in [6.07, 6.45) is 3.82. The van der Waals surface area contributed by atoms with Gasteiger partial charge in [0.05, 0.1) is 28.5 Å². The summed E-state index contributed by atoms with van der Waals surface area (Å²) in [4.78, 5) is 32.6. The summed E-state index contributed by atoms with van der Waals surface area (Å²) in [5, 5.41) is 0.631. The largest absolute Gasteiger partial charge is 0.463 e. The molecule has 32 heavy (non-hydrogen) atoms. The van der Waals surface area contributed by atoms with Crippen molar-refractivity contribution < 1.29 is 9.53 Å². The molecule has 0 unspecified atom stereocenters. The van der Waals surface area contributed by atoms with Crippen molar-refractivity contribution in [2.75, 3.05) is 12.9 Å². The van der Waals surface area contributed by atoms with Gasteiger partial charge in [-0.2, -0.15) is 0 Å². The second-order valence-electron chi connectivity index (χ2n) is 7.13. The lowest BCUT2D eigenvalue weighted by atomic mass is 9.96. The number of carbonyl (C=O) groups excluding carboxylic acids is 1. The highest BCUT2D eigenvalue weighted by Crippen LogP contribution is 2.31. The molecule has 3 aromatic rings. The highest BCUT2D eigenvalue weighted by Gasteiger charge is 2.33. The third kappa shape index (κ3) is 4.33. The van der Waals surface area contributed by atoms with Gasteiger partial charge in [-0.15, -0.1) is 11.8 Å². The first-order valence-corrected chi connectivity index (χ1v) is 12.4. The van der Waals surface area contributed by atoms with Crippen molar-refractivity contribution in [1.29, 1.82) is 0 Å². The predicted octanol–water partition coefficient (Wildman–Crippen LogP) is 4.17. The molecule has 0 N–H and O–H groups in total. The van der Waals surface area contributed by atoms with E-state index >= 15 is 0 Å². The minimum Gasteiger partial charge on any atom is -0.463 e. The number of hydrogen-bond acceptors (Lipinski definition) is 6. The van der Waals surface area contributed by atoms with Gasteiger partial charge in [0.1, 0.15) is 0 Å². The van der Waals surface area contributed by atoms with Crippen molar-refractivity contribution in [3.8, 4) is 0 Å². The molecule has 0 amide bonds. The molecule has 5 nitrogen and oxygen atoms in total. The number of hydrogen-bond donors (Lipinski definition) is 0. The molecule has 2 heterocycles. The Hall–Kier alpha value is -2.61. The van der Waals surface area contributed by atoms with Crippen LogP contribution >= 0.6 is 34.7 Å². The number of fused-ring (bicyclic) bond motifs is 1. The summed E-state index contributed by atoms with van der Waals surface area (Å²) >= 11 is 8.92. The average molecular weight is 485 g/mol. The Morgan fingerprint density at radius 2 is 1.91 bits per heavy atom. The van der Waals surface area contributed by atoms with Gasteiger partial charge in [-0.1, -0.05) is 47.2 Å². The van der Waals surface area contributed by atoms with E-state index in [2.05, 4.69) is 4.99 Å². The first kappa shape index (κ1) is 22.6. The lowest BCUT2D eigenvalue weighted by molar-refractivity contribution is -0.139. The minimum atomic E-state index is -0.603. The molecule has 8 heteroatoms. The standard InChI is InChI=1S/C24H21ClN2O3S2/c1-4-30-23(29)20-14(2)26-24-27(21(20)16-7-11-18(31-3)12-8-16)22(28)19(32-24)13-15-5-9-17(25)10-6-15/h5-13,21H,4H2,1-3H3/b19-13-/t21-/m0/s1. The molecule has 0 radical (unpaired) electrons. The number of rotatable bonds is 5. The second kappa shape index (κ2) is 9.48. The van der Waals surface area contributed by atoms with Crippen LogP contribution in [0.1, 0.15) is 31.0 Å². The fourth-order valence-corrected chi connectivity index (χ4v) is 5.18. The molecule has 2 aromatic carbocycles. The third-order valence-corrected chi connectivity index (χ3v) is 7.09. The topological polar surface area (TPSA) is 60.7 Å². The number of esters is 1. The molecule has 0 saturated carbocycles. The van der Waals surface area contributed by atoms with Gasteiger partial charge in [0.15, 0.2) is 4.80 Å². The highest BCUT2D eigenvalue weighted by atomic mass is 35.5. The Morgan fingerprint density at radius 3 is 2.53 bits per heavy atom. The maximum absolute atomic E-state index is 13.5. The van der Waals surface area contributed by atoms with E-state index in [0.717, 1.165) is 16.0 Å². The summed E-state index contributed by atoms with van der Waals surface area (Å²) in [5.74, 6) is -0.459. The number of thiazole rings is 1. The predicted molar refractivity (Wildman–Crippen MR) is 130 cm³/mol. The Bertz CT molecular complexity index is 1370. The Labute approximate surface area is 198 Å². The Kier molecular flexibility index (Phi) is 6.69. The zero-order valence-electron chi connectivity index (χ0n) is 17.8. The Balaban J connectivity index is 1.93. The number of nitrogens with zero attached hydrogens (tertiary/aromatic N) is 2. The molecule has 4 rings (SSSR count). The van der Waals surface area contributed by atoms with Crippen LogP contribution < -0.4 is 14.9 Å². The van der Waals surface area contributed by atoms with E-state index in [-0.39, 0.29) is 12.2 Å². The Morgan fingerprint density at radius 1 is 1.22 bits per heavy atom. The summed E-state index contributed by atoms with van der Waals surface area (Å²) in [6, 6.07) is 14.5. The minimum absolute atomic E-state index is 0.197. The molecular formula is C24H21ClN2O3S2. The number of thioether (sulfide) groups is 1. The van der Waals surface area contributed by atoms with E-state index in [1.54, 1.807) is 42.3 Å². The lowest BCUT2D eigenvalue weighted by Gasteiger charge is -2.24. The van der Waals surface area contributed by atoms with E-state index < -0.39 is 12.0 Å². The quantitative estimate of drug-likeness (QED) is 0.403. The maximum Gasteiger partial charge on any atom is 0.338 e. The van der Waals surface area contributed by atoms with Crippen LogP contribution in [0.4, 0.5) is 0 Å². The molecule has 1 aromatic heterocycles. The van der Waals surface area contributed by atoms with Crippen LogP contribution in [-0.4, -0.2) is 23.4 Å². The molecule has 1 aliphatic rings. The molecule has 1 atom stereocenters. The highest BCUT2D eigenvalue weighted by molar-refractivity contribution is 7.98. The van der Waals surface area contributed by atoms with E-state index in [1.807, 2.05) is 48.7 Å². The van der Waals surface area contributed by atoms with Crippen molar-refractivity contribution in [1.82, 2.24) is 4.57 Å². The third-order valence-electron chi connectivity index (χ3n) is 5.12. The molecule has 0 spiro atoms. The molecule has 0 saturated heterocycles. The van der Waals surface area contributed by atoms with Crippen LogP contribution in [0.3, 0.4) is 0 Å². The molecule has 164 valence electrons. The van der Waals surface area contributed by atoms with Crippen LogP contribution in [0.25, 0.3) is 6.08 Å². The van der Waals surface area contributed by atoms with Gasteiger partial charge < -0.3 is 4.74 Å². The van der Waals surface area contributed by atoms with Crippen LogP contribution in [0.15, 0.2) is 74.5 Å². The van der Waals surface area contributed by atoms with E-state index in [1.165, 1.54) is 11.3 Å². The van der Waals surface area contributed by atoms with Crippen molar-refractivity contribution in [2.45, 2.75) is 24.8 Å². The van der Waals surface area contributed by atoms with Gasteiger partial charge in [-0.25, -0.2) is 9.79 Å². The summed E-state index contributed by atoms with van der Waals surface area (Å²) in [5.41, 5.74) is 2.44. The zero-order chi connectivity index (χ0) is 22.8. The smallest absolute Gasteiger partial charge is 0.338 e. The van der Waals surface area contributed by atoms with Gasteiger partial charge >= 0.3 is 5.97 Å². The fraction of sp³-hybridized carbons (Fsp3) is 0.208.